The second kappa shape index (κ2) is 8.15. The number of aryl methyl sites for hydroxylation is 1. The van der Waals surface area contributed by atoms with E-state index in [0.717, 1.165) is 5.56 Å². The number of carboxylic acids is 1. The monoisotopic (exact) mass is 335 g/mol. The number of hydrogen-bond acceptors (Lipinski definition) is 4. The standard InChI is InChI=1S/C17H21NO4S/c1-12(19)23-11-14-9-16(20)18(10-14)15(17(21)22)8-7-13-5-3-2-4-6-13/h2-6,14-15H,7-11H2,1H3,(H,21,22)/t14?,15-/m0/s1. The van der Waals surface area contributed by atoms with Crippen LogP contribution in [0.25, 0.3) is 0 Å². The number of aliphatic carboxylic acids is 1. The Morgan fingerprint density at radius 1 is 1.35 bits per heavy atom. The van der Waals surface area contributed by atoms with Crippen molar-refractivity contribution in [3.8, 4) is 0 Å². The summed E-state index contributed by atoms with van der Waals surface area (Å²) in [4.78, 5) is 36.2. The molecule has 0 aliphatic carbocycles. The van der Waals surface area contributed by atoms with E-state index < -0.39 is 12.0 Å². The molecule has 1 N–H and O–H groups in total. The van der Waals surface area contributed by atoms with Crippen LogP contribution in [-0.4, -0.2) is 45.3 Å². The number of carbonyl (C=O) groups excluding carboxylic acids is 2. The summed E-state index contributed by atoms with van der Waals surface area (Å²) in [7, 11) is 0. The first-order valence-electron chi connectivity index (χ1n) is 7.67. The number of nitrogens with zero attached hydrogens (tertiary/aromatic N) is 1. The Bertz CT molecular complexity index is 575. The molecule has 0 saturated carbocycles. The summed E-state index contributed by atoms with van der Waals surface area (Å²) in [5.41, 5.74) is 1.06. The van der Waals surface area contributed by atoms with Gasteiger partial charge in [-0.1, -0.05) is 42.1 Å². The Morgan fingerprint density at radius 2 is 2.04 bits per heavy atom. The maximum absolute atomic E-state index is 12.2. The van der Waals surface area contributed by atoms with Gasteiger partial charge in [0.05, 0.1) is 0 Å². The van der Waals surface area contributed by atoms with E-state index in [-0.39, 0.29) is 16.9 Å². The molecular formula is C17H21NO4S. The van der Waals surface area contributed by atoms with Crippen molar-refractivity contribution in [3.05, 3.63) is 35.9 Å². The van der Waals surface area contributed by atoms with Crippen LogP contribution in [0, 0.1) is 5.92 Å². The number of rotatable bonds is 7. The van der Waals surface area contributed by atoms with Gasteiger partial charge >= 0.3 is 5.97 Å². The molecule has 0 aromatic heterocycles. The number of thioether (sulfide) groups is 1. The Morgan fingerprint density at radius 3 is 2.65 bits per heavy atom. The van der Waals surface area contributed by atoms with Gasteiger partial charge in [-0.3, -0.25) is 9.59 Å². The van der Waals surface area contributed by atoms with Gasteiger partial charge in [-0.15, -0.1) is 0 Å². The Balaban J connectivity index is 1.96. The van der Waals surface area contributed by atoms with Crippen LogP contribution in [0.4, 0.5) is 0 Å². The molecule has 0 bridgehead atoms. The highest BCUT2D eigenvalue weighted by Gasteiger charge is 2.37. The second-order valence-electron chi connectivity index (χ2n) is 5.80. The number of carbonyl (C=O) groups is 3. The molecule has 2 atom stereocenters. The third kappa shape index (κ3) is 5.10. The molecule has 2 rings (SSSR count). The van der Waals surface area contributed by atoms with E-state index in [1.165, 1.54) is 23.6 Å². The predicted molar refractivity (Wildman–Crippen MR) is 89.1 cm³/mol. The highest BCUT2D eigenvalue weighted by molar-refractivity contribution is 8.13. The van der Waals surface area contributed by atoms with Gasteiger partial charge in [-0.2, -0.15) is 0 Å². The Labute approximate surface area is 140 Å². The average molecular weight is 335 g/mol. The quantitative estimate of drug-likeness (QED) is 0.827. The molecular weight excluding hydrogens is 314 g/mol. The molecule has 1 aromatic carbocycles. The van der Waals surface area contributed by atoms with E-state index in [2.05, 4.69) is 0 Å². The maximum Gasteiger partial charge on any atom is 0.326 e. The third-order valence-electron chi connectivity index (χ3n) is 3.97. The van der Waals surface area contributed by atoms with Gasteiger partial charge in [0.1, 0.15) is 6.04 Å². The first-order chi connectivity index (χ1) is 11.0. The summed E-state index contributed by atoms with van der Waals surface area (Å²) < 4.78 is 0. The van der Waals surface area contributed by atoms with E-state index in [1.54, 1.807) is 0 Å². The maximum atomic E-state index is 12.2. The summed E-state index contributed by atoms with van der Waals surface area (Å²) in [5.74, 6) is -0.466. The van der Waals surface area contributed by atoms with Gasteiger partial charge in [0.25, 0.3) is 0 Å². The Hall–Kier alpha value is -1.82. The SMILES string of the molecule is CC(=O)SCC1CC(=O)N([C@@H](CCc2ccccc2)C(=O)O)C1. The molecule has 1 unspecified atom stereocenters. The summed E-state index contributed by atoms with van der Waals surface area (Å²) in [5, 5.41) is 9.50. The van der Waals surface area contributed by atoms with Crippen molar-refractivity contribution >= 4 is 28.8 Å². The van der Waals surface area contributed by atoms with E-state index in [1.807, 2.05) is 30.3 Å². The van der Waals surface area contributed by atoms with Crippen LogP contribution in [-0.2, 0) is 20.8 Å². The zero-order valence-corrected chi connectivity index (χ0v) is 13.9. The normalized spacial score (nSPS) is 18.9. The fourth-order valence-corrected chi connectivity index (χ4v) is 3.51. The average Bonchev–Trinajstić information content (AvgIpc) is 2.87. The summed E-state index contributed by atoms with van der Waals surface area (Å²) in [6, 6.07) is 8.87. The molecule has 6 heteroatoms. The van der Waals surface area contributed by atoms with Crippen LogP contribution in [0.3, 0.4) is 0 Å². The lowest BCUT2D eigenvalue weighted by molar-refractivity contribution is -0.148. The van der Waals surface area contributed by atoms with Crippen LogP contribution >= 0.6 is 11.8 Å². The fraction of sp³-hybridized carbons (Fsp3) is 0.471. The molecule has 1 amide bonds. The van der Waals surface area contributed by atoms with Gasteiger partial charge < -0.3 is 10.0 Å². The number of benzene rings is 1. The summed E-state index contributed by atoms with van der Waals surface area (Å²) >= 11 is 1.20. The van der Waals surface area contributed by atoms with Crippen molar-refractivity contribution in [3.63, 3.8) is 0 Å². The molecule has 0 radical (unpaired) electrons. The first kappa shape index (κ1) is 17.5. The molecule has 124 valence electrons. The van der Waals surface area contributed by atoms with Crippen molar-refractivity contribution in [2.24, 2.45) is 5.92 Å². The van der Waals surface area contributed by atoms with Crippen LogP contribution in [0.15, 0.2) is 30.3 Å². The third-order valence-corrected chi connectivity index (χ3v) is 5.02. The Kier molecular flexibility index (Phi) is 6.21. The van der Waals surface area contributed by atoms with Gasteiger partial charge in [0, 0.05) is 25.6 Å². The minimum atomic E-state index is -0.964. The van der Waals surface area contributed by atoms with Gasteiger partial charge in [-0.05, 0) is 24.3 Å². The zero-order valence-electron chi connectivity index (χ0n) is 13.1. The van der Waals surface area contributed by atoms with E-state index in [9.17, 15) is 19.5 Å². The second-order valence-corrected chi connectivity index (χ2v) is 6.99. The molecule has 1 aliphatic rings. The highest BCUT2D eigenvalue weighted by Crippen LogP contribution is 2.25. The smallest absolute Gasteiger partial charge is 0.326 e. The number of amides is 1. The van der Waals surface area contributed by atoms with Crippen molar-refractivity contribution in [1.29, 1.82) is 0 Å². The van der Waals surface area contributed by atoms with E-state index in [0.29, 0.717) is 31.6 Å². The highest BCUT2D eigenvalue weighted by atomic mass is 32.2. The minimum Gasteiger partial charge on any atom is -0.480 e. The van der Waals surface area contributed by atoms with Crippen molar-refractivity contribution in [2.45, 2.75) is 32.2 Å². The van der Waals surface area contributed by atoms with Crippen molar-refractivity contribution in [1.82, 2.24) is 4.90 Å². The van der Waals surface area contributed by atoms with Crippen LogP contribution < -0.4 is 0 Å². The number of hydrogen-bond donors (Lipinski definition) is 1. The number of carboxylic acid groups (broad SMARTS) is 1. The summed E-state index contributed by atoms with van der Waals surface area (Å²) in [6.45, 7) is 1.92. The van der Waals surface area contributed by atoms with Gasteiger partial charge in [-0.25, -0.2) is 4.79 Å². The van der Waals surface area contributed by atoms with Crippen LogP contribution in [0.5, 0.6) is 0 Å². The fourth-order valence-electron chi connectivity index (χ4n) is 2.82. The van der Waals surface area contributed by atoms with E-state index in [4.69, 9.17) is 0 Å². The molecule has 1 saturated heterocycles. The molecule has 5 nitrogen and oxygen atoms in total. The largest absolute Gasteiger partial charge is 0.480 e. The van der Waals surface area contributed by atoms with E-state index >= 15 is 0 Å². The van der Waals surface area contributed by atoms with Gasteiger partial charge in [0.2, 0.25) is 5.91 Å². The lowest BCUT2D eigenvalue weighted by Crippen LogP contribution is -2.42. The van der Waals surface area contributed by atoms with Crippen molar-refractivity contribution < 1.29 is 19.5 Å². The molecule has 0 spiro atoms. The first-order valence-corrected chi connectivity index (χ1v) is 8.65. The molecule has 23 heavy (non-hydrogen) atoms. The topological polar surface area (TPSA) is 74.7 Å². The molecule has 1 aromatic rings. The predicted octanol–water partition coefficient (Wildman–Crippen LogP) is 2.20. The zero-order chi connectivity index (χ0) is 16.8. The molecule has 1 fully saturated rings. The number of likely N-dealkylation sites (tertiary alicyclic amines) is 1. The lowest BCUT2D eigenvalue weighted by Gasteiger charge is -2.24. The summed E-state index contributed by atoms with van der Waals surface area (Å²) in [6.07, 6.45) is 1.35. The van der Waals surface area contributed by atoms with Crippen LogP contribution in [0.1, 0.15) is 25.3 Å². The molecule has 1 aliphatic heterocycles. The minimum absolute atomic E-state index is 0.0229. The van der Waals surface area contributed by atoms with Crippen molar-refractivity contribution in [2.75, 3.05) is 12.3 Å². The lowest BCUT2D eigenvalue weighted by atomic mass is 10.0. The molecule has 1 heterocycles. The van der Waals surface area contributed by atoms with Gasteiger partial charge in [0.15, 0.2) is 5.12 Å². The van der Waals surface area contributed by atoms with Crippen LogP contribution in [0.2, 0.25) is 0 Å².